The molecule has 2 rings (SSSR count). The fourth-order valence-corrected chi connectivity index (χ4v) is 2.61. The van der Waals surface area contributed by atoms with Crippen molar-refractivity contribution in [3.63, 3.8) is 0 Å². The molecule has 1 aliphatic carbocycles. The number of rotatable bonds is 6. The first kappa shape index (κ1) is 15.0. The number of carbonyl (C=O) groups excluding carboxylic acids is 1. The summed E-state index contributed by atoms with van der Waals surface area (Å²) in [5.41, 5.74) is 0.707. The Morgan fingerprint density at radius 1 is 1.40 bits per heavy atom. The second kappa shape index (κ2) is 6.37. The van der Waals surface area contributed by atoms with Crippen LogP contribution < -0.4 is 4.74 Å². The predicted octanol–water partition coefficient (Wildman–Crippen LogP) is 1.97. The number of methoxy groups -OCH3 is 1. The molecule has 1 unspecified atom stereocenters. The number of carbonyl (C=O) groups is 1. The van der Waals surface area contributed by atoms with Gasteiger partial charge in [0.25, 0.3) is 0 Å². The second-order valence-corrected chi connectivity index (χ2v) is 5.70. The quantitative estimate of drug-likeness (QED) is 0.808. The van der Waals surface area contributed by atoms with Gasteiger partial charge >= 0.3 is 0 Å². The maximum Gasteiger partial charge on any atom is 0.179 e. The van der Waals surface area contributed by atoms with E-state index in [1.54, 1.807) is 19.2 Å². The van der Waals surface area contributed by atoms with Crippen LogP contribution in [0.25, 0.3) is 0 Å². The van der Waals surface area contributed by atoms with E-state index >= 15 is 0 Å². The summed E-state index contributed by atoms with van der Waals surface area (Å²) in [6, 6.07) is 7.07. The molecule has 1 atom stereocenters. The molecule has 4 heteroatoms. The molecule has 4 nitrogen and oxygen atoms in total. The van der Waals surface area contributed by atoms with Crippen LogP contribution in [-0.2, 0) is 0 Å². The van der Waals surface area contributed by atoms with Gasteiger partial charge in [0.1, 0.15) is 5.75 Å². The number of benzene rings is 1. The summed E-state index contributed by atoms with van der Waals surface area (Å²) < 4.78 is 5.10. The Morgan fingerprint density at radius 3 is 2.50 bits per heavy atom. The number of ether oxygens (including phenoxy) is 1. The topological polar surface area (TPSA) is 49.8 Å². The first-order valence-electron chi connectivity index (χ1n) is 7.07. The van der Waals surface area contributed by atoms with Crippen molar-refractivity contribution >= 4 is 5.78 Å². The summed E-state index contributed by atoms with van der Waals surface area (Å²) in [5, 5.41) is 9.31. The standard InChI is InChI=1S/C16H23NO3/c1-11(17(2)10-12-8-14(18)9-12)16(19)13-4-6-15(20-3)7-5-13/h4-7,11-12,14,18H,8-10H2,1-3H3. The van der Waals surface area contributed by atoms with E-state index in [4.69, 9.17) is 4.74 Å². The van der Waals surface area contributed by atoms with Crippen molar-refractivity contribution in [2.45, 2.75) is 31.9 Å². The molecule has 0 amide bonds. The molecule has 0 spiro atoms. The Bertz CT molecular complexity index is 451. The fraction of sp³-hybridized carbons (Fsp3) is 0.562. The van der Waals surface area contributed by atoms with Gasteiger partial charge in [0.2, 0.25) is 0 Å². The Balaban J connectivity index is 1.92. The third-order valence-corrected chi connectivity index (χ3v) is 4.17. The minimum Gasteiger partial charge on any atom is -0.497 e. The van der Waals surface area contributed by atoms with E-state index in [0.717, 1.165) is 25.1 Å². The van der Waals surface area contributed by atoms with Gasteiger partial charge in [-0.15, -0.1) is 0 Å². The van der Waals surface area contributed by atoms with Gasteiger partial charge < -0.3 is 9.84 Å². The maximum atomic E-state index is 12.4. The average molecular weight is 277 g/mol. The number of hydrogen-bond donors (Lipinski definition) is 1. The SMILES string of the molecule is COc1ccc(C(=O)C(C)N(C)CC2CC(O)C2)cc1. The normalized spacial score (nSPS) is 23.2. The summed E-state index contributed by atoms with van der Waals surface area (Å²) in [6.07, 6.45) is 1.57. The molecule has 0 saturated heterocycles. The zero-order valence-electron chi connectivity index (χ0n) is 12.4. The number of hydrogen-bond acceptors (Lipinski definition) is 4. The lowest BCUT2D eigenvalue weighted by molar-refractivity contribution is 0.0234. The van der Waals surface area contributed by atoms with Gasteiger partial charge in [-0.1, -0.05) is 0 Å². The number of nitrogens with zero attached hydrogens (tertiary/aromatic N) is 1. The van der Waals surface area contributed by atoms with Gasteiger partial charge in [-0.05, 0) is 57.0 Å². The van der Waals surface area contributed by atoms with Crippen LogP contribution in [0.2, 0.25) is 0 Å². The van der Waals surface area contributed by atoms with Gasteiger partial charge in [-0.3, -0.25) is 9.69 Å². The first-order chi connectivity index (χ1) is 9.51. The van der Waals surface area contributed by atoms with Crippen LogP contribution in [-0.4, -0.2) is 48.6 Å². The predicted molar refractivity (Wildman–Crippen MR) is 78.1 cm³/mol. The van der Waals surface area contributed by atoms with Crippen LogP contribution in [0.15, 0.2) is 24.3 Å². The Labute approximate surface area is 120 Å². The summed E-state index contributed by atoms with van der Waals surface area (Å²) in [5.74, 6) is 1.39. The Hall–Kier alpha value is -1.39. The number of ketones is 1. The smallest absolute Gasteiger partial charge is 0.179 e. The Kier molecular flexibility index (Phi) is 4.78. The highest BCUT2D eigenvalue weighted by Gasteiger charge is 2.30. The van der Waals surface area contributed by atoms with Crippen molar-refractivity contribution < 1.29 is 14.6 Å². The molecular weight excluding hydrogens is 254 g/mol. The summed E-state index contributed by atoms with van der Waals surface area (Å²) in [4.78, 5) is 14.5. The molecule has 1 aromatic rings. The zero-order valence-corrected chi connectivity index (χ0v) is 12.4. The van der Waals surface area contributed by atoms with Crippen LogP contribution in [0.3, 0.4) is 0 Å². The minimum atomic E-state index is -0.152. The molecule has 0 bridgehead atoms. The molecule has 0 heterocycles. The Morgan fingerprint density at radius 2 is 2.00 bits per heavy atom. The van der Waals surface area contributed by atoms with Gasteiger partial charge in [0.05, 0.1) is 19.3 Å². The molecule has 0 radical (unpaired) electrons. The highest BCUT2D eigenvalue weighted by Crippen LogP contribution is 2.28. The van der Waals surface area contributed by atoms with Gasteiger partial charge in [-0.2, -0.15) is 0 Å². The van der Waals surface area contributed by atoms with Crippen LogP contribution in [0.5, 0.6) is 5.75 Å². The van der Waals surface area contributed by atoms with Crippen molar-refractivity contribution in [2.24, 2.45) is 5.92 Å². The fourth-order valence-electron chi connectivity index (χ4n) is 2.61. The summed E-state index contributed by atoms with van der Waals surface area (Å²) in [6.45, 7) is 2.79. The van der Waals surface area contributed by atoms with Crippen LogP contribution >= 0.6 is 0 Å². The molecule has 1 N–H and O–H groups in total. The van der Waals surface area contributed by atoms with E-state index in [2.05, 4.69) is 4.90 Å². The van der Waals surface area contributed by atoms with E-state index in [1.165, 1.54) is 0 Å². The van der Waals surface area contributed by atoms with Crippen LogP contribution in [0.4, 0.5) is 0 Å². The van der Waals surface area contributed by atoms with Crippen LogP contribution in [0, 0.1) is 5.92 Å². The summed E-state index contributed by atoms with van der Waals surface area (Å²) >= 11 is 0. The van der Waals surface area contributed by atoms with Crippen molar-refractivity contribution in [3.05, 3.63) is 29.8 Å². The molecule has 1 fully saturated rings. The molecule has 1 aromatic carbocycles. The number of Topliss-reactive ketones (excluding diaryl/α,β-unsaturated/α-hetero) is 1. The van der Waals surface area contributed by atoms with E-state index in [1.807, 2.05) is 26.1 Å². The molecule has 1 aliphatic rings. The maximum absolute atomic E-state index is 12.4. The number of aliphatic hydroxyl groups excluding tert-OH is 1. The third-order valence-electron chi connectivity index (χ3n) is 4.17. The molecular formula is C16H23NO3. The molecule has 0 aliphatic heterocycles. The van der Waals surface area contributed by atoms with Gasteiger partial charge in [0, 0.05) is 12.1 Å². The largest absolute Gasteiger partial charge is 0.497 e. The number of aliphatic hydroxyl groups is 1. The van der Waals surface area contributed by atoms with Crippen molar-refractivity contribution in [2.75, 3.05) is 20.7 Å². The highest BCUT2D eigenvalue weighted by molar-refractivity contribution is 5.99. The lowest BCUT2D eigenvalue weighted by atomic mass is 9.82. The lowest BCUT2D eigenvalue weighted by Crippen LogP contribution is -2.43. The van der Waals surface area contributed by atoms with Crippen LogP contribution in [0.1, 0.15) is 30.1 Å². The molecule has 20 heavy (non-hydrogen) atoms. The van der Waals surface area contributed by atoms with Gasteiger partial charge in [0.15, 0.2) is 5.78 Å². The monoisotopic (exact) mass is 277 g/mol. The molecule has 1 saturated carbocycles. The van der Waals surface area contributed by atoms with E-state index < -0.39 is 0 Å². The second-order valence-electron chi connectivity index (χ2n) is 5.70. The van der Waals surface area contributed by atoms with E-state index in [0.29, 0.717) is 11.5 Å². The average Bonchev–Trinajstić information content (AvgIpc) is 2.44. The van der Waals surface area contributed by atoms with E-state index in [9.17, 15) is 9.90 Å². The van der Waals surface area contributed by atoms with Crippen molar-refractivity contribution in [1.82, 2.24) is 4.90 Å². The van der Waals surface area contributed by atoms with Crippen molar-refractivity contribution in [3.8, 4) is 5.75 Å². The zero-order chi connectivity index (χ0) is 14.7. The first-order valence-corrected chi connectivity index (χ1v) is 7.07. The lowest BCUT2D eigenvalue weighted by Gasteiger charge is -2.36. The number of likely N-dealkylation sites (N-methyl/N-ethyl adjacent to an activating group) is 1. The summed E-state index contributed by atoms with van der Waals surface area (Å²) in [7, 11) is 3.58. The molecule has 110 valence electrons. The highest BCUT2D eigenvalue weighted by atomic mass is 16.5. The molecule has 0 aromatic heterocycles. The van der Waals surface area contributed by atoms with Crippen molar-refractivity contribution in [1.29, 1.82) is 0 Å². The third kappa shape index (κ3) is 3.38. The van der Waals surface area contributed by atoms with E-state index in [-0.39, 0.29) is 17.9 Å². The van der Waals surface area contributed by atoms with Gasteiger partial charge in [-0.25, -0.2) is 0 Å². The minimum absolute atomic E-state index is 0.120.